The number of carbonyl (C=O) groups excluding carboxylic acids is 2. The molecule has 8 nitrogen and oxygen atoms in total. The molecule has 0 aromatic rings. The van der Waals surface area contributed by atoms with Crippen LogP contribution in [0, 0.1) is 5.92 Å². The highest BCUT2D eigenvalue weighted by molar-refractivity contribution is 5.92. The Morgan fingerprint density at radius 2 is 1.86 bits per heavy atom. The number of carboxylic acid groups (broad SMARTS) is 1. The fourth-order valence-corrected chi connectivity index (χ4v) is 2.41. The number of nitrogens with zero attached hydrogens (tertiary/aromatic N) is 1. The van der Waals surface area contributed by atoms with Crippen LogP contribution in [0.25, 0.3) is 0 Å². The highest BCUT2D eigenvalue weighted by Gasteiger charge is 2.39. The van der Waals surface area contributed by atoms with Crippen LogP contribution in [-0.4, -0.2) is 63.7 Å². The van der Waals surface area contributed by atoms with E-state index in [0.29, 0.717) is 19.4 Å². The standard InChI is InChI=1S/C14H25N3O5/c1-7(2)10(15)12(19)16-11(8(3)18)13(20)17-6-4-5-9(17)14(21)22/h7-11,18H,4-6,15H2,1-3H3,(H,16,19)(H,21,22). The van der Waals surface area contributed by atoms with E-state index in [1.807, 2.05) is 0 Å². The van der Waals surface area contributed by atoms with Crippen molar-refractivity contribution in [2.45, 2.75) is 57.8 Å². The smallest absolute Gasteiger partial charge is 0.326 e. The summed E-state index contributed by atoms with van der Waals surface area (Å²) in [6.07, 6.45) is -0.201. The molecule has 1 aliphatic rings. The van der Waals surface area contributed by atoms with Gasteiger partial charge in [-0.25, -0.2) is 4.79 Å². The van der Waals surface area contributed by atoms with E-state index < -0.39 is 42.0 Å². The van der Waals surface area contributed by atoms with E-state index in [0.717, 1.165) is 0 Å². The Bertz CT molecular complexity index is 438. The summed E-state index contributed by atoms with van der Waals surface area (Å²) >= 11 is 0. The van der Waals surface area contributed by atoms with Crippen LogP contribution in [0.4, 0.5) is 0 Å². The van der Waals surface area contributed by atoms with Gasteiger partial charge < -0.3 is 26.2 Å². The Morgan fingerprint density at radius 3 is 2.32 bits per heavy atom. The number of carboxylic acids is 1. The molecule has 0 aliphatic carbocycles. The summed E-state index contributed by atoms with van der Waals surface area (Å²) in [6, 6.07) is -2.91. The molecular weight excluding hydrogens is 290 g/mol. The maximum absolute atomic E-state index is 12.5. The van der Waals surface area contributed by atoms with Gasteiger partial charge in [-0.3, -0.25) is 9.59 Å². The Balaban J connectivity index is 2.84. The van der Waals surface area contributed by atoms with Gasteiger partial charge >= 0.3 is 5.97 Å². The Morgan fingerprint density at radius 1 is 1.27 bits per heavy atom. The number of rotatable bonds is 6. The van der Waals surface area contributed by atoms with Crippen LogP contribution in [-0.2, 0) is 14.4 Å². The summed E-state index contributed by atoms with van der Waals surface area (Å²) in [5.41, 5.74) is 5.72. The van der Waals surface area contributed by atoms with Crippen molar-refractivity contribution in [3.8, 4) is 0 Å². The summed E-state index contributed by atoms with van der Waals surface area (Å²) < 4.78 is 0. The van der Waals surface area contributed by atoms with Crippen molar-refractivity contribution in [2.75, 3.05) is 6.54 Å². The molecule has 8 heteroatoms. The Kier molecular flexibility index (Phi) is 6.31. The third-order valence-electron chi connectivity index (χ3n) is 3.89. The van der Waals surface area contributed by atoms with Gasteiger partial charge in [-0.2, -0.15) is 0 Å². The fourth-order valence-electron chi connectivity index (χ4n) is 2.41. The highest BCUT2D eigenvalue weighted by Crippen LogP contribution is 2.19. The third kappa shape index (κ3) is 4.17. The van der Waals surface area contributed by atoms with Gasteiger partial charge in [0, 0.05) is 6.54 Å². The maximum atomic E-state index is 12.5. The van der Waals surface area contributed by atoms with Crippen LogP contribution < -0.4 is 11.1 Å². The molecule has 4 unspecified atom stereocenters. The first-order chi connectivity index (χ1) is 10.2. The predicted molar refractivity (Wildman–Crippen MR) is 78.8 cm³/mol. The molecule has 4 atom stereocenters. The normalized spacial score (nSPS) is 22.3. The van der Waals surface area contributed by atoms with Crippen molar-refractivity contribution >= 4 is 17.8 Å². The molecule has 1 rings (SSSR count). The molecule has 0 radical (unpaired) electrons. The van der Waals surface area contributed by atoms with Crippen LogP contribution in [0.3, 0.4) is 0 Å². The topological polar surface area (TPSA) is 133 Å². The lowest BCUT2D eigenvalue weighted by molar-refractivity contribution is -0.150. The number of nitrogens with two attached hydrogens (primary N) is 1. The molecule has 1 fully saturated rings. The zero-order valence-electron chi connectivity index (χ0n) is 13.2. The van der Waals surface area contributed by atoms with Crippen molar-refractivity contribution in [2.24, 2.45) is 11.7 Å². The molecule has 1 aliphatic heterocycles. The van der Waals surface area contributed by atoms with Crippen molar-refractivity contribution in [1.29, 1.82) is 0 Å². The minimum absolute atomic E-state index is 0.122. The first-order valence-corrected chi connectivity index (χ1v) is 7.44. The first kappa shape index (κ1) is 18.4. The molecule has 0 saturated carbocycles. The van der Waals surface area contributed by atoms with Crippen LogP contribution >= 0.6 is 0 Å². The number of hydrogen-bond donors (Lipinski definition) is 4. The molecule has 126 valence electrons. The molecular formula is C14H25N3O5. The quantitative estimate of drug-likeness (QED) is 0.492. The number of hydrogen-bond acceptors (Lipinski definition) is 5. The second-order valence-electron chi connectivity index (χ2n) is 6.02. The monoisotopic (exact) mass is 315 g/mol. The van der Waals surface area contributed by atoms with Gasteiger partial charge in [-0.05, 0) is 25.7 Å². The van der Waals surface area contributed by atoms with Crippen LogP contribution in [0.2, 0.25) is 0 Å². The molecule has 1 heterocycles. The summed E-state index contributed by atoms with van der Waals surface area (Å²) in [4.78, 5) is 36.8. The van der Waals surface area contributed by atoms with Crippen molar-refractivity contribution < 1.29 is 24.6 Å². The van der Waals surface area contributed by atoms with Crippen LogP contribution in [0.5, 0.6) is 0 Å². The van der Waals surface area contributed by atoms with E-state index >= 15 is 0 Å². The molecule has 0 bridgehead atoms. The van der Waals surface area contributed by atoms with E-state index in [4.69, 9.17) is 10.8 Å². The van der Waals surface area contributed by atoms with Gasteiger partial charge in [0.25, 0.3) is 0 Å². The fraction of sp³-hybridized carbons (Fsp3) is 0.786. The molecule has 5 N–H and O–H groups in total. The van der Waals surface area contributed by atoms with Gasteiger partial charge in [0.15, 0.2) is 0 Å². The zero-order valence-corrected chi connectivity index (χ0v) is 13.2. The van der Waals surface area contributed by atoms with Crippen LogP contribution in [0.15, 0.2) is 0 Å². The van der Waals surface area contributed by atoms with E-state index in [2.05, 4.69) is 5.32 Å². The summed E-state index contributed by atoms with van der Waals surface area (Å²) in [5, 5.41) is 21.4. The minimum Gasteiger partial charge on any atom is -0.480 e. The SMILES string of the molecule is CC(C)C(N)C(=O)NC(C(=O)N1CCCC1C(=O)O)C(C)O. The molecule has 0 aromatic heterocycles. The molecule has 22 heavy (non-hydrogen) atoms. The second-order valence-corrected chi connectivity index (χ2v) is 6.02. The van der Waals surface area contributed by atoms with Gasteiger partial charge in [0.1, 0.15) is 12.1 Å². The van der Waals surface area contributed by atoms with E-state index in [1.165, 1.54) is 11.8 Å². The number of likely N-dealkylation sites (tertiary alicyclic amines) is 1. The molecule has 0 aromatic carbocycles. The summed E-state index contributed by atoms with van der Waals surface area (Å²) in [6.45, 7) is 5.20. The number of aliphatic carboxylic acids is 1. The van der Waals surface area contributed by atoms with Crippen molar-refractivity contribution in [3.63, 3.8) is 0 Å². The average Bonchev–Trinajstić information content (AvgIpc) is 2.91. The first-order valence-electron chi connectivity index (χ1n) is 7.44. The maximum Gasteiger partial charge on any atom is 0.326 e. The number of carbonyl (C=O) groups is 3. The third-order valence-corrected chi connectivity index (χ3v) is 3.89. The van der Waals surface area contributed by atoms with E-state index in [-0.39, 0.29) is 5.92 Å². The summed E-state index contributed by atoms with van der Waals surface area (Å²) in [5.74, 6) is -2.34. The van der Waals surface area contributed by atoms with E-state index in [1.54, 1.807) is 13.8 Å². The minimum atomic E-state index is -1.20. The van der Waals surface area contributed by atoms with Gasteiger partial charge in [0.2, 0.25) is 11.8 Å². The van der Waals surface area contributed by atoms with Crippen molar-refractivity contribution in [1.82, 2.24) is 10.2 Å². The lowest BCUT2D eigenvalue weighted by Gasteiger charge is -2.29. The van der Waals surface area contributed by atoms with Gasteiger partial charge in [-0.15, -0.1) is 0 Å². The number of amides is 2. The summed E-state index contributed by atoms with van der Waals surface area (Å²) in [7, 11) is 0. The highest BCUT2D eigenvalue weighted by atomic mass is 16.4. The molecule has 2 amide bonds. The Labute approximate surface area is 129 Å². The predicted octanol–water partition coefficient (Wildman–Crippen LogP) is -1.09. The number of aliphatic hydroxyl groups is 1. The molecule has 1 saturated heterocycles. The van der Waals surface area contributed by atoms with Crippen LogP contribution in [0.1, 0.15) is 33.6 Å². The zero-order chi connectivity index (χ0) is 17.0. The Hall–Kier alpha value is -1.67. The lowest BCUT2D eigenvalue weighted by Crippen LogP contribution is -2.58. The second kappa shape index (κ2) is 7.55. The number of aliphatic hydroxyl groups excluding tert-OH is 1. The van der Waals surface area contributed by atoms with E-state index in [9.17, 15) is 19.5 Å². The average molecular weight is 315 g/mol. The van der Waals surface area contributed by atoms with Gasteiger partial charge in [-0.1, -0.05) is 13.8 Å². The molecule has 0 spiro atoms. The van der Waals surface area contributed by atoms with Gasteiger partial charge in [0.05, 0.1) is 12.1 Å². The lowest BCUT2D eigenvalue weighted by atomic mass is 10.0. The van der Waals surface area contributed by atoms with Crippen molar-refractivity contribution in [3.05, 3.63) is 0 Å². The largest absolute Gasteiger partial charge is 0.480 e. The number of nitrogens with one attached hydrogen (secondary N) is 1.